The number of rotatable bonds is 6. The second-order valence-corrected chi connectivity index (χ2v) is 7.34. The van der Waals surface area contributed by atoms with E-state index in [-0.39, 0.29) is 10.5 Å². The summed E-state index contributed by atoms with van der Waals surface area (Å²) in [6, 6.07) is 3.98. The van der Waals surface area contributed by atoms with Crippen LogP contribution in [0.4, 0.5) is 0 Å². The molecular weight excluding hydrogens is 356 g/mol. The van der Waals surface area contributed by atoms with Crippen molar-refractivity contribution in [3.63, 3.8) is 0 Å². The Hall–Kier alpha value is -0.590. The fourth-order valence-electron chi connectivity index (χ4n) is 1.41. The summed E-state index contributed by atoms with van der Waals surface area (Å²) in [6.45, 7) is 2.37. The molecule has 0 fully saturated rings. The smallest absolute Gasteiger partial charge is 0.339 e. The van der Waals surface area contributed by atoms with Gasteiger partial charge >= 0.3 is 5.97 Å². The molecule has 19 heavy (non-hydrogen) atoms. The van der Waals surface area contributed by atoms with E-state index < -0.39 is 15.0 Å². The molecule has 0 aromatic heterocycles. The molecule has 0 aliphatic heterocycles. The molecule has 0 aliphatic carbocycles. The minimum atomic E-state index is -3.86. The van der Waals surface area contributed by atoms with E-state index in [4.69, 9.17) is 15.4 Å². The van der Waals surface area contributed by atoms with Crippen molar-refractivity contribution in [2.75, 3.05) is 6.61 Å². The third-order valence-corrected chi connectivity index (χ3v) is 4.46. The van der Waals surface area contributed by atoms with Crippen LogP contribution in [0.25, 0.3) is 0 Å². The summed E-state index contributed by atoms with van der Waals surface area (Å²) in [5.74, 6) is -0.565. The van der Waals surface area contributed by atoms with Crippen LogP contribution in [0.3, 0.4) is 0 Å². The molecule has 0 bridgehead atoms. The Morgan fingerprint density at radius 3 is 2.63 bits per heavy atom. The molecule has 0 unspecified atom stereocenters. The van der Waals surface area contributed by atoms with Crippen LogP contribution in [-0.2, 0) is 13.8 Å². The highest BCUT2D eigenvalue weighted by Crippen LogP contribution is 2.24. The van der Waals surface area contributed by atoms with Crippen molar-refractivity contribution in [3.8, 4) is 0 Å². The number of carbonyl (C=O) groups is 1. The summed E-state index contributed by atoms with van der Waals surface area (Å²) in [6.07, 6.45) is 2.79. The van der Waals surface area contributed by atoms with Crippen LogP contribution in [0.1, 0.15) is 36.5 Å². The largest absolute Gasteiger partial charge is 0.462 e. The molecule has 0 saturated heterocycles. The maximum atomic E-state index is 11.8. The second kappa shape index (κ2) is 7.26. The summed E-state index contributed by atoms with van der Waals surface area (Å²) in [4.78, 5) is 11.7. The van der Waals surface area contributed by atoms with Gasteiger partial charge in [0.1, 0.15) is 0 Å². The standard InChI is InChI=1S/C12H14BrClO4S/c1-2-3-4-7-18-12(15)10-8-9(19(14,16)17)5-6-11(10)13/h5-6,8H,2-4,7H2,1H3. The average Bonchev–Trinajstić information content (AvgIpc) is 2.33. The van der Waals surface area contributed by atoms with Gasteiger partial charge < -0.3 is 4.74 Å². The van der Waals surface area contributed by atoms with Gasteiger partial charge in [-0.3, -0.25) is 0 Å². The van der Waals surface area contributed by atoms with E-state index in [9.17, 15) is 13.2 Å². The summed E-state index contributed by atoms with van der Waals surface area (Å²) >= 11 is 3.18. The maximum Gasteiger partial charge on any atom is 0.339 e. The van der Waals surface area contributed by atoms with Gasteiger partial charge in [-0.1, -0.05) is 19.8 Å². The molecule has 106 valence electrons. The Kier molecular flexibility index (Phi) is 6.29. The molecule has 0 aliphatic rings. The first-order chi connectivity index (χ1) is 8.86. The van der Waals surface area contributed by atoms with Crippen molar-refractivity contribution < 1.29 is 17.9 Å². The van der Waals surface area contributed by atoms with Crippen LogP contribution in [0, 0.1) is 0 Å². The first-order valence-electron chi connectivity index (χ1n) is 5.77. The van der Waals surface area contributed by atoms with Crippen molar-refractivity contribution in [2.45, 2.75) is 31.1 Å². The molecule has 0 saturated carbocycles. The lowest BCUT2D eigenvalue weighted by molar-refractivity contribution is 0.0497. The van der Waals surface area contributed by atoms with Crippen molar-refractivity contribution in [1.82, 2.24) is 0 Å². The summed E-state index contributed by atoms with van der Waals surface area (Å²) in [7, 11) is 1.38. The Labute approximate surface area is 125 Å². The number of hydrogen-bond acceptors (Lipinski definition) is 4. The zero-order valence-electron chi connectivity index (χ0n) is 10.4. The zero-order valence-corrected chi connectivity index (χ0v) is 13.5. The van der Waals surface area contributed by atoms with E-state index in [0.29, 0.717) is 11.1 Å². The topological polar surface area (TPSA) is 60.4 Å². The molecule has 0 heterocycles. The second-order valence-electron chi connectivity index (χ2n) is 3.92. The molecule has 1 aromatic carbocycles. The number of carbonyl (C=O) groups excluding carboxylic acids is 1. The zero-order chi connectivity index (χ0) is 14.5. The quantitative estimate of drug-likeness (QED) is 0.435. The molecule has 4 nitrogen and oxygen atoms in total. The van der Waals surface area contributed by atoms with Crippen LogP contribution < -0.4 is 0 Å². The Balaban J connectivity index is 2.84. The third-order valence-electron chi connectivity index (χ3n) is 2.42. The highest BCUT2D eigenvalue weighted by atomic mass is 79.9. The maximum absolute atomic E-state index is 11.8. The first-order valence-corrected chi connectivity index (χ1v) is 8.88. The van der Waals surface area contributed by atoms with Gasteiger partial charge in [-0.15, -0.1) is 0 Å². The Morgan fingerprint density at radius 1 is 1.37 bits per heavy atom. The summed E-state index contributed by atoms with van der Waals surface area (Å²) in [5, 5.41) is 0. The number of benzene rings is 1. The van der Waals surface area contributed by atoms with Gasteiger partial charge in [0, 0.05) is 15.2 Å². The fourth-order valence-corrected chi connectivity index (χ4v) is 2.59. The van der Waals surface area contributed by atoms with E-state index in [1.165, 1.54) is 18.2 Å². The van der Waals surface area contributed by atoms with Gasteiger partial charge in [0.2, 0.25) is 0 Å². The number of esters is 1. The van der Waals surface area contributed by atoms with Gasteiger partial charge in [-0.05, 0) is 40.5 Å². The fraction of sp³-hybridized carbons (Fsp3) is 0.417. The lowest BCUT2D eigenvalue weighted by Crippen LogP contribution is -2.08. The van der Waals surface area contributed by atoms with Crippen LogP contribution in [0.2, 0.25) is 0 Å². The van der Waals surface area contributed by atoms with E-state index in [1.54, 1.807) is 0 Å². The van der Waals surface area contributed by atoms with Gasteiger partial charge in [0.25, 0.3) is 9.05 Å². The molecule has 0 radical (unpaired) electrons. The number of ether oxygens (including phenoxy) is 1. The van der Waals surface area contributed by atoms with E-state index >= 15 is 0 Å². The number of halogens is 2. The molecule has 0 N–H and O–H groups in total. The van der Waals surface area contributed by atoms with E-state index in [0.717, 1.165) is 19.3 Å². The van der Waals surface area contributed by atoms with Gasteiger partial charge in [0.05, 0.1) is 17.1 Å². The molecule has 0 amide bonds. The lowest BCUT2D eigenvalue weighted by Gasteiger charge is -2.07. The molecule has 1 rings (SSSR count). The lowest BCUT2D eigenvalue weighted by atomic mass is 10.2. The molecule has 0 spiro atoms. The third kappa shape index (κ3) is 5.12. The van der Waals surface area contributed by atoms with Crippen LogP contribution in [0.15, 0.2) is 27.6 Å². The first kappa shape index (κ1) is 16.5. The molecule has 7 heteroatoms. The highest BCUT2D eigenvalue weighted by Gasteiger charge is 2.17. The monoisotopic (exact) mass is 368 g/mol. The van der Waals surface area contributed by atoms with Crippen molar-refractivity contribution >= 4 is 41.6 Å². The van der Waals surface area contributed by atoms with Crippen LogP contribution in [0.5, 0.6) is 0 Å². The minimum absolute atomic E-state index is 0.127. The molecular formula is C12H14BrClO4S. The van der Waals surface area contributed by atoms with Crippen LogP contribution >= 0.6 is 26.6 Å². The van der Waals surface area contributed by atoms with E-state index in [1.807, 2.05) is 6.92 Å². The average molecular weight is 370 g/mol. The SMILES string of the molecule is CCCCCOC(=O)c1cc(S(=O)(=O)Cl)ccc1Br. The Bertz CT molecular complexity index is 557. The Morgan fingerprint density at radius 2 is 2.05 bits per heavy atom. The van der Waals surface area contributed by atoms with Gasteiger partial charge in [0.15, 0.2) is 0 Å². The van der Waals surface area contributed by atoms with Crippen molar-refractivity contribution in [3.05, 3.63) is 28.2 Å². The minimum Gasteiger partial charge on any atom is -0.462 e. The van der Waals surface area contributed by atoms with Crippen LogP contribution in [-0.4, -0.2) is 21.0 Å². The number of hydrogen-bond donors (Lipinski definition) is 0. The van der Waals surface area contributed by atoms with Crippen molar-refractivity contribution in [2.24, 2.45) is 0 Å². The predicted molar refractivity (Wildman–Crippen MR) is 77.0 cm³/mol. The number of unbranched alkanes of at least 4 members (excludes halogenated alkanes) is 2. The predicted octanol–water partition coefficient (Wildman–Crippen LogP) is 3.72. The molecule has 0 atom stereocenters. The molecule has 1 aromatic rings. The summed E-state index contributed by atoms with van der Waals surface area (Å²) < 4.78 is 28.0. The van der Waals surface area contributed by atoms with Gasteiger partial charge in [-0.25, -0.2) is 13.2 Å². The summed E-state index contributed by atoms with van der Waals surface area (Å²) in [5.41, 5.74) is 0.151. The van der Waals surface area contributed by atoms with E-state index in [2.05, 4.69) is 15.9 Å². The van der Waals surface area contributed by atoms with Gasteiger partial charge in [-0.2, -0.15) is 0 Å². The normalized spacial score (nSPS) is 11.3. The van der Waals surface area contributed by atoms with Crippen molar-refractivity contribution in [1.29, 1.82) is 0 Å². The highest BCUT2D eigenvalue weighted by molar-refractivity contribution is 9.10.